The number of likely N-dealkylation sites (tertiary alicyclic amines) is 1. The van der Waals surface area contributed by atoms with Crippen molar-refractivity contribution in [2.24, 2.45) is 5.92 Å². The van der Waals surface area contributed by atoms with E-state index in [1.807, 2.05) is 6.92 Å². The second-order valence-electron chi connectivity index (χ2n) is 4.89. The maximum atomic E-state index is 13.1. The monoisotopic (exact) mass is 313 g/mol. The minimum Gasteiger partial charge on any atom is -0.356 e. The van der Waals surface area contributed by atoms with Crippen LogP contribution in [-0.2, 0) is 4.79 Å². The Labute approximate surface area is 127 Å². The average molecular weight is 314 g/mol. The first kappa shape index (κ1) is 15.6. The number of carbonyl (C=O) groups excluding carboxylic acids is 2. The van der Waals surface area contributed by atoms with Gasteiger partial charge in [0.05, 0.1) is 10.9 Å². The van der Waals surface area contributed by atoms with E-state index in [-0.39, 0.29) is 22.9 Å². The molecule has 1 atom stereocenters. The lowest BCUT2D eigenvalue weighted by Gasteiger charge is -2.17. The van der Waals surface area contributed by atoms with Crippen LogP contribution in [0, 0.1) is 11.7 Å². The van der Waals surface area contributed by atoms with Gasteiger partial charge in [-0.05, 0) is 31.5 Å². The van der Waals surface area contributed by atoms with Gasteiger partial charge >= 0.3 is 6.03 Å². The quantitative estimate of drug-likeness (QED) is 0.900. The zero-order valence-corrected chi connectivity index (χ0v) is 12.4. The highest BCUT2D eigenvalue weighted by Gasteiger charge is 2.30. The van der Waals surface area contributed by atoms with Crippen molar-refractivity contribution in [1.29, 1.82) is 0 Å². The molecule has 1 saturated heterocycles. The molecule has 1 aromatic rings. The molecule has 0 unspecified atom stereocenters. The molecule has 0 bridgehead atoms. The van der Waals surface area contributed by atoms with Gasteiger partial charge < -0.3 is 15.5 Å². The SMILES string of the molecule is CCNC(=O)[C@@H]1CCN(C(=O)Nc2ccc(F)c(Cl)c2)C1. The number of nitrogens with one attached hydrogen (secondary N) is 2. The Morgan fingerprint density at radius 1 is 1.48 bits per heavy atom. The molecule has 2 rings (SSSR count). The van der Waals surface area contributed by atoms with Gasteiger partial charge in [0, 0.05) is 25.3 Å². The predicted octanol–water partition coefficient (Wildman–Crippen LogP) is 2.47. The smallest absolute Gasteiger partial charge is 0.321 e. The molecule has 114 valence electrons. The molecule has 0 spiro atoms. The molecule has 0 radical (unpaired) electrons. The van der Waals surface area contributed by atoms with Crippen LogP contribution in [0.1, 0.15) is 13.3 Å². The molecule has 3 amide bonds. The van der Waals surface area contributed by atoms with Gasteiger partial charge in [0.1, 0.15) is 5.82 Å². The van der Waals surface area contributed by atoms with Crippen LogP contribution in [-0.4, -0.2) is 36.5 Å². The molecule has 5 nitrogen and oxygen atoms in total. The van der Waals surface area contributed by atoms with Crippen molar-refractivity contribution >= 4 is 29.2 Å². The topological polar surface area (TPSA) is 61.4 Å². The van der Waals surface area contributed by atoms with E-state index >= 15 is 0 Å². The van der Waals surface area contributed by atoms with Gasteiger partial charge in [0.2, 0.25) is 5.91 Å². The van der Waals surface area contributed by atoms with Crippen molar-refractivity contribution in [3.8, 4) is 0 Å². The van der Waals surface area contributed by atoms with E-state index in [0.29, 0.717) is 31.7 Å². The van der Waals surface area contributed by atoms with E-state index in [9.17, 15) is 14.0 Å². The number of benzene rings is 1. The van der Waals surface area contributed by atoms with E-state index in [4.69, 9.17) is 11.6 Å². The summed E-state index contributed by atoms with van der Waals surface area (Å²) in [5, 5.41) is 5.35. The fraction of sp³-hybridized carbons (Fsp3) is 0.429. The van der Waals surface area contributed by atoms with Crippen molar-refractivity contribution in [2.75, 3.05) is 25.0 Å². The number of amides is 3. The Morgan fingerprint density at radius 3 is 2.90 bits per heavy atom. The Kier molecular flexibility index (Phi) is 5.01. The van der Waals surface area contributed by atoms with Gasteiger partial charge in [0.25, 0.3) is 0 Å². The van der Waals surface area contributed by atoms with E-state index in [0.717, 1.165) is 0 Å². The normalized spacial score (nSPS) is 17.7. The third kappa shape index (κ3) is 3.85. The van der Waals surface area contributed by atoms with Crippen molar-refractivity contribution in [3.63, 3.8) is 0 Å². The van der Waals surface area contributed by atoms with Crippen molar-refractivity contribution < 1.29 is 14.0 Å². The van der Waals surface area contributed by atoms with E-state index in [1.54, 1.807) is 4.90 Å². The van der Waals surface area contributed by atoms with Crippen LogP contribution in [0.5, 0.6) is 0 Å². The molecule has 0 aromatic heterocycles. The molecular formula is C14H17ClFN3O2. The third-order valence-corrected chi connectivity index (χ3v) is 3.66. The summed E-state index contributed by atoms with van der Waals surface area (Å²) < 4.78 is 13.1. The minimum absolute atomic E-state index is 0.0300. The number of rotatable bonds is 3. The summed E-state index contributed by atoms with van der Waals surface area (Å²) in [4.78, 5) is 25.4. The molecule has 1 aliphatic heterocycles. The van der Waals surface area contributed by atoms with Crippen molar-refractivity contribution in [1.82, 2.24) is 10.2 Å². The lowest BCUT2D eigenvalue weighted by atomic mass is 10.1. The third-order valence-electron chi connectivity index (χ3n) is 3.37. The molecule has 0 aliphatic carbocycles. The highest BCUT2D eigenvalue weighted by atomic mass is 35.5. The first-order valence-electron chi connectivity index (χ1n) is 6.80. The summed E-state index contributed by atoms with van der Waals surface area (Å²) in [7, 11) is 0. The number of halogens is 2. The number of anilines is 1. The van der Waals surface area contributed by atoms with Crippen LogP contribution in [0.3, 0.4) is 0 Å². The Morgan fingerprint density at radius 2 is 2.24 bits per heavy atom. The van der Waals surface area contributed by atoms with Crippen LogP contribution in [0.25, 0.3) is 0 Å². The Balaban J connectivity index is 1.92. The zero-order chi connectivity index (χ0) is 15.4. The van der Waals surface area contributed by atoms with Gasteiger partial charge in [-0.25, -0.2) is 9.18 Å². The summed E-state index contributed by atoms with van der Waals surface area (Å²) in [6.07, 6.45) is 0.642. The van der Waals surface area contributed by atoms with Crippen molar-refractivity contribution in [2.45, 2.75) is 13.3 Å². The molecule has 2 N–H and O–H groups in total. The fourth-order valence-electron chi connectivity index (χ4n) is 2.25. The lowest BCUT2D eigenvalue weighted by molar-refractivity contribution is -0.124. The molecule has 1 heterocycles. The Bertz CT molecular complexity index is 553. The highest BCUT2D eigenvalue weighted by Crippen LogP contribution is 2.21. The van der Waals surface area contributed by atoms with Crippen LogP contribution in [0.4, 0.5) is 14.9 Å². The molecule has 1 aromatic carbocycles. The number of hydrogen-bond donors (Lipinski definition) is 2. The summed E-state index contributed by atoms with van der Waals surface area (Å²) in [5.74, 6) is -0.739. The summed E-state index contributed by atoms with van der Waals surface area (Å²) in [6.45, 7) is 3.33. The second kappa shape index (κ2) is 6.76. The summed E-state index contributed by atoms with van der Waals surface area (Å²) in [5.41, 5.74) is 0.424. The van der Waals surface area contributed by atoms with E-state index in [2.05, 4.69) is 10.6 Å². The van der Waals surface area contributed by atoms with Gasteiger partial charge in [-0.2, -0.15) is 0 Å². The number of nitrogens with zero attached hydrogens (tertiary/aromatic N) is 1. The molecule has 1 fully saturated rings. The van der Waals surface area contributed by atoms with Gasteiger partial charge in [-0.3, -0.25) is 4.79 Å². The first-order chi connectivity index (χ1) is 10.0. The number of hydrogen-bond acceptors (Lipinski definition) is 2. The van der Waals surface area contributed by atoms with Crippen LogP contribution >= 0.6 is 11.6 Å². The van der Waals surface area contributed by atoms with E-state index in [1.165, 1.54) is 18.2 Å². The largest absolute Gasteiger partial charge is 0.356 e. The molecule has 0 saturated carbocycles. The molecule has 7 heteroatoms. The summed E-state index contributed by atoms with van der Waals surface area (Å²) in [6, 6.07) is 3.67. The average Bonchev–Trinajstić information content (AvgIpc) is 2.93. The maximum absolute atomic E-state index is 13.1. The van der Waals surface area contributed by atoms with Crippen LogP contribution in [0.15, 0.2) is 18.2 Å². The number of carbonyl (C=O) groups is 2. The zero-order valence-electron chi connectivity index (χ0n) is 11.7. The minimum atomic E-state index is -0.535. The van der Waals surface area contributed by atoms with Crippen LogP contribution < -0.4 is 10.6 Å². The molecular weight excluding hydrogens is 297 g/mol. The molecule has 1 aliphatic rings. The molecule has 21 heavy (non-hydrogen) atoms. The van der Waals surface area contributed by atoms with Crippen molar-refractivity contribution in [3.05, 3.63) is 29.0 Å². The predicted molar refractivity (Wildman–Crippen MR) is 78.8 cm³/mol. The Hall–Kier alpha value is -1.82. The first-order valence-corrected chi connectivity index (χ1v) is 7.17. The van der Waals surface area contributed by atoms with Gasteiger partial charge in [-0.1, -0.05) is 11.6 Å². The van der Waals surface area contributed by atoms with Gasteiger partial charge in [0.15, 0.2) is 0 Å². The van der Waals surface area contributed by atoms with E-state index < -0.39 is 5.82 Å². The summed E-state index contributed by atoms with van der Waals surface area (Å²) >= 11 is 5.66. The highest BCUT2D eigenvalue weighted by molar-refractivity contribution is 6.31. The number of urea groups is 1. The van der Waals surface area contributed by atoms with Crippen LogP contribution in [0.2, 0.25) is 5.02 Å². The van der Waals surface area contributed by atoms with Gasteiger partial charge in [-0.15, -0.1) is 0 Å². The second-order valence-corrected chi connectivity index (χ2v) is 5.29. The standard InChI is InChI=1S/C14H17ClFN3O2/c1-2-17-13(20)9-5-6-19(8-9)14(21)18-10-3-4-12(16)11(15)7-10/h3-4,7,9H,2,5-6,8H2,1H3,(H,17,20)(H,18,21)/t9-/m1/s1. The maximum Gasteiger partial charge on any atom is 0.321 e. The lowest BCUT2D eigenvalue weighted by Crippen LogP contribution is -2.36. The fourth-order valence-corrected chi connectivity index (χ4v) is 2.43.